The average molecular weight is 272 g/mol. The van der Waals surface area contributed by atoms with Gasteiger partial charge in [0.15, 0.2) is 0 Å². The van der Waals surface area contributed by atoms with Crippen LogP contribution in [0.3, 0.4) is 0 Å². The number of urea groups is 1. The molecule has 19 heavy (non-hydrogen) atoms. The third-order valence-corrected chi connectivity index (χ3v) is 3.65. The molecule has 0 bridgehead atoms. The number of piperidine rings is 1. The summed E-state index contributed by atoms with van der Waals surface area (Å²) in [4.78, 5) is 16.4. The van der Waals surface area contributed by atoms with Gasteiger partial charge in [-0.3, -0.25) is 0 Å². The van der Waals surface area contributed by atoms with Crippen LogP contribution in [0.25, 0.3) is 0 Å². The molecule has 0 aliphatic carbocycles. The molecule has 112 valence electrons. The fourth-order valence-corrected chi connectivity index (χ4v) is 2.57. The Morgan fingerprint density at radius 3 is 2.74 bits per heavy atom. The summed E-state index contributed by atoms with van der Waals surface area (Å²) >= 11 is 0. The first-order chi connectivity index (χ1) is 9.10. The van der Waals surface area contributed by atoms with E-state index in [0.717, 1.165) is 19.5 Å². The Morgan fingerprint density at radius 1 is 1.42 bits per heavy atom. The molecule has 2 amide bonds. The van der Waals surface area contributed by atoms with Crippen molar-refractivity contribution in [3.63, 3.8) is 0 Å². The molecule has 0 radical (unpaired) electrons. The third-order valence-electron chi connectivity index (χ3n) is 3.65. The molecule has 5 heteroatoms. The fourth-order valence-electron chi connectivity index (χ4n) is 2.57. The summed E-state index contributed by atoms with van der Waals surface area (Å²) in [5, 5.41) is 0. The van der Waals surface area contributed by atoms with Crippen LogP contribution in [0.15, 0.2) is 0 Å². The monoisotopic (exact) mass is 272 g/mol. The molecule has 1 saturated heterocycles. The molecule has 5 nitrogen and oxygen atoms in total. The molecule has 1 fully saturated rings. The van der Waals surface area contributed by atoms with Gasteiger partial charge in [-0.05, 0) is 25.7 Å². The molecule has 0 aromatic heterocycles. The van der Waals surface area contributed by atoms with Crippen LogP contribution >= 0.6 is 0 Å². The lowest BCUT2D eigenvalue weighted by molar-refractivity contribution is 0.0680. The summed E-state index contributed by atoms with van der Waals surface area (Å²) < 4.78 is 10.3. The van der Waals surface area contributed by atoms with Gasteiger partial charge in [-0.15, -0.1) is 0 Å². The Balaban J connectivity index is 2.63. The molecule has 0 aromatic carbocycles. The second-order valence-corrected chi connectivity index (χ2v) is 5.47. The minimum atomic E-state index is 0.0740. The maximum Gasteiger partial charge on any atom is 0.320 e. The van der Waals surface area contributed by atoms with E-state index in [2.05, 4.69) is 6.92 Å². The number of rotatable bonds is 6. The van der Waals surface area contributed by atoms with Crippen LogP contribution in [0.2, 0.25) is 0 Å². The number of hydrogen-bond acceptors (Lipinski definition) is 3. The van der Waals surface area contributed by atoms with E-state index in [4.69, 9.17) is 9.47 Å². The summed E-state index contributed by atoms with van der Waals surface area (Å²) in [7, 11) is 3.32. The molecule has 1 heterocycles. The van der Waals surface area contributed by atoms with E-state index in [9.17, 15) is 4.79 Å². The Kier molecular flexibility index (Phi) is 7.16. The summed E-state index contributed by atoms with van der Waals surface area (Å²) in [5.41, 5.74) is 0. The molecular weight excluding hydrogens is 244 g/mol. The van der Waals surface area contributed by atoms with Crippen molar-refractivity contribution in [2.75, 3.05) is 47.1 Å². The van der Waals surface area contributed by atoms with Crippen molar-refractivity contribution >= 4 is 6.03 Å². The number of carbonyl (C=O) groups is 1. The van der Waals surface area contributed by atoms with Gasteiger partial charge in [-0.25, -0.2) is 4.79 Å². The van der Waals surface area contributed by atoms with Crippen molar-refractivity contribution < 1.29 is 14.3 Å². The van der Waals surface area contributed by atoms with Crippen LogP contribution in [0.5, 0.6) is 0 Å². The van der Waals surface area contributed by atoms with Gasteiger partial charge < -0.3 is 19.3 Å². The molecule has 1 aliphatic rings. The topological polar surface area (TPSA) is 42.0 Å². The Morgan fingerprint density at radius 2 is 2.16 bits per heavy atom. The Bertz CT molecular complexity index is 273. The lowest BCUT2D eigenvalue weighted by Crippen LogP contribution is -2.52. The third kappa shape index (κ3) is 4.99. The number of carbonyl (C=O) groups excluding carboxylic acids is 1. The number of amides is 2. The van der Waals surface area contributed by atoms with Crippen LogP contribution < -0.4 is 0 Å². The smallest absolute Gasteiger partial charge is 0.320 e. The molecule has 0 spiro atoms. The first-order valence-electron chi connectivity index (χ1n) is 7.13. The van der Waals surface area contributed by atoms with Gasteiger partial charge in [-0.2, -0.15) is 0 Å². The van der Waals surface area contributed by atoms with E-state index in [1.807, 2.05) is 16.7 Å². The predicted octanol–water partition coefficient (Wildman–Crippen LogP) is 1.82. The van der Waals surface area contributed by atoms with E-state index < -0.39 is 0 Å². The van der Waals surface area contributed by atoms with Crippen LogP contribution in [-0.4, -0.2) is 68.9 Å². The van der Waals surface area contributed by atoms with Gasteiger partial charge in [0.05, 0.1) is 19.3 Å². The summed E-state index contributed by atoms with van der Waals surface area (Å²) in [6.07, 6.45) is 2.32. The van der Waals surface area contributed by atoms with Gasteiger partial charge in [0.25, 0.3) is 0 Å². The molecule has 0 aromatic rings. The van der Waals surface area contributed by atoms with Gasteiger partial charge >= 0.3 is 6.03 Å². The molecular formula is C14H28N2O3. The SMILES string of the molecule is COCCN(C(=O)N1CCCC(C)C1)C(C)COC. The molecule has 1 aliphatic heterocycles. The van der Waals surface area contributed by atoms with E-state index in [-0.39, 0.29) is 12.1 Å². The van der Waals surface area contributed by atoms with E-state index >= 15 is 0 Å². The summed E-state index contributed by atoms with van der Waals surface area (Å²) in [6, 6.07) is 0.193. The quantitative estimate of drug-likeness (QED) is 0.740. The Hall–Kier alpha value is -0.810. The summed E-state index contributed by atoms with van der Waals surface area (Å²) in [6.45, 7) is 7.68. The number of nitrogens with zero attached hydrogens (tertiary/aromatic N) is 2. The Labute approximate surface area is 116 Å². The second kappa shape index (κ2) is 8.38. The zero-order valence-corrected chi connectivity index (χ0v) is 12.7. The maximum absolute atomic E-state index is 12.6. The normalized spacial score (nSPS) is 21.3. The lowest BCUT2D eigenvalue weighted by Gasteiger charge is -2.37. The van der Waals surface area contributed by atoms with Gasteiger partial charge in [0.1, 0.15) is 0 Å². The molecule has 2 unspecified atom stereocenters. The highest BCUT2D eigenvalue weighted by Crippen LogP contribution is 2.17. The van der Waals surface area contributed by atoms with Crippen molar-refractivity contribution in [2.45, 2.75) is 32.7 Å². The number of ether oxygens (including phenoxy) is 2. The minimum absolute atomic E-state index is 0.0740. The van der Waals surface area contributed by atoms with Crippen LogP contribution in [0, 0.1) is 5.92 Å². The summed E-state index contributed by atoms with van der Waals surface area (Å²) in [5.74, 6) is 0.597. The van der Waals surface area contributed by atoms with Crippen molar-refractivity contribution in [3.05, 3.63) is 0 Å². The lowest BCUT2D eigenvalue weighted by atomic mass is 10.0. The van der Waals surface area contributed by atoms with Crippen molar-refractivity contribution in [1.82, 2.24) is 9.80 Å². The first-order valence-corrected chi connectivity index (χ1v) is 7.13. The van der Waals surface area contributed by atoms with E-state index in [1.165, 1.54) is 6.42 Å². The zero-order valence-electron chi connectivity index (χ0n) is 12.7. The van der Waals surface area contributed by atoms with Crippen molar-refractivity contribution in [2.24, 2.45) is 5.92 Å². The highest BCUT2D eigenvalue weighted by molar-refractivity contribution is 5.75. The zero-order chi connectivity index (χ0) is 14.3. The second-order valence-electron chi connectivity index (χ2n) is 5.47. The maximum atomic E-state index is 12.6. The molecule has 1 rings (SSSR count). The van der Waals surface area contributed by atoms with Gasteiger partial charge in [0, 0.05) is 33.9 Å². The van der Waals surface area contributed by atoms with Gasteiger partial charge in [0.2, 0.25) is 0 Å². The fraction of sp³-hybridized carbons (Fsp3) is 0.929. The first kappa shape index (κ1) is 16.2. The van der Waals surface area contributed by atoms with Crippen LogP contribution in [0.1, 0.15) is 26.7 Å². The number of methoxy groups -OCH3 is 2. The highest BCUT2D eigenvalue weighted by Gasteiger charge is 2.27. The van der Waals surface area contributed by atoms with Crippen molar-refractivity contribution in [1.29, 1.82) is 0 Å². The molecule has 0 saturated carbocycles. The molecule has 2 atom stereocenters. The van der Waals surface area contributed by atoms with Crippen LogP contribution in [-0.2, 0) is 9.47 Å². The largest absolute Gasteiger partial charge is 0.383 e. The standard InChI is InChI=1S/C14H28N2O3/c1-12-6-5-7-15(10-12)14(17)16(8-9-18-3)13(2)11-19-4/h12-13H,5-11H2,1-4H3. The van der Waals surface area contributed by atoms with E-state index in [1.54, 1.807) is 14.2 Å². The predicted molar refractivity (Wildman–Crippen MR) is 75.3 cm³/mol. The van der Waals surface area contributed by atoms with E-state index in [0.29, 0.717) is 25.7 Å². The van der Waals surface area contributed by atoms with Gasteiger partial charge in [-0.1, -0.05) is 6.92 Å². The number of hydrogen-bond donors (Lipinski definition) is 0. The van der Waals surface area contributed by atoms with Crippen molar-refractivity contribution in [3.8, 4) is 0 Å². The average Bonchev–Trinajstić information content (AvgIpc) is 2.39. The molecule has 0 N–H and O–H groups in total. The number of likely N-dealkylation sites (tertiary alicyclic amines) is 1. The minimum Gasteiger partial charge on any atom is -0.383 e. The van der Waals surface area contributed by atoms with Crippen LogP contribution in [0.4, 0.5) is 4.79 Å². The highest BCUT2D eigenvalue weighted by atomic mass is 16.5.